The molecule has 0 saturated heterocycles. The maximum absolute atomic E-state index is 11.3. The number of hydrogen-bond donors (Lipinski definition) is 1. The third kappa shape index (κ3) is 4.30. The number of aryl methyl sites for hydroxylation is 1. The minimum Gasteiger partial charge on any atom is -0.315 e. The summed E-state index contributed by atoms with van der Waals surface area (Å²) >= 11 is 0. The standard InChI is InChI=1S/C12H15N3O5/c1-2-3-5-9-6-4-7-10(12(9)15(19)20)13-11(16)8-14(17)18/h4,6-7H,2-3,5,8H2,1H3,(H,13,16). The maximum atomic E-state index is 11.3. The number of para-hydroxylation sites is 1. The number of carbonyl (C=O) groups excluding carboxylic acids is 1. The zero-order chi connectivity index (χ0) is 15.1. The van der Waals surface area contributed by atoms with Crippen molar-refractivity contribution in [1.82, 2.24) is 0 Å². The number of anilines is 1. The van der Waals surface area contributed by atoms with Gasteiger partial charge in [-0.05, 0) is 18.9 Å². The lowest BCUT2D eigenvalue weighted by Gasteiger charge is -2.08. The van der Waals surface area contributed by atoms with Gasteiger partial charge in [0.2, 0.25) is 0 Å². The average molecular weight is 281 g/mol. The van der Waals surface area contributed by atoms with Gasteiger partial charge in [0.1, 0.15) is 5.69 Å². The zero-order valence-corrected chi connectivity index (χ0v) is 11.0. The molecule has 0 heterocycles. The van der Waals surface area contributed by atoms with E-state index in [1.807, 2.05) is 6.92 Å². The van der Waals surface area contributed by atoms with Crippen LogP contribution in [0.3, 0.4) is 0 Å². The average Bonchev–Trinajstić information content (AvgIpc) is 2.34. The highest BCUT2D eigenvalue weighted by Crippen LogP contribution is 2.29. The lowest BCUT2D eigenvalue weighted by Crippen LogP contribution is -2.22. The van der Waals surface area contributed by atoms with E-state index < -0.39 is 22.3 Å². The fourth-order valence-electron chi connectivity index (χ4n) is 1.78. The number of carbonyl (C=O) groups is 1. The van der Waals surface area contributed by atoms with Crippen LogP contribution in [0.1, 0.15) is 25.3 Å². The van der Waals surface area contributed by atoms with Gasteiger partial charge < -0.3 is 5.32 Å². The van der Waals surface area contributed by atoms with E-state index in [9.17, 15) is 25.0 Å². The Labute approximate surface area is 115 Å². The summed E-state index contributed by atoms with van der Waals surface area (Å²) in [6.45, 7) is 1.05. The van der Waals surface area contributed by atoms with Crippen LogP contribution in [-0.2, 0) is 11.2 Å². The fourth-order valence-corrected chi connectivity index (χ4v) is 1.78. The lowest BCUT2D eigenvalue weighted by atomic mass is 10.1. The Morgan fingerprint density at radius 2 is 2.00 bits per heavy atom. The fraction of sp³-hybridized carbons (Fsp3) is 0.417. The smallest absolute Gasteiger partial charge is 0.296 e. The van der Waals surface area contributed by atoms with Crippen molar-refractivity contribution in [2.45, 2.75) is 26.2 Å². The van der Waals surface area contributed by atoms with Crippen LogP contribution >= 0.6 is 0 Å². The summed E-state index contributed by atoms with van der Waals surface area (Å²) in [6.07, 6.45) is 2.19. The van der Waals surface area contributed by atoms with Crippen molar-refractivity contribution in [2.75, 3.05) is 11.9 Å². The number of nitrogens with one attached hydrogen (secondary N) is 1. The van der Waals surface area contributed by atoms with Gasteiger partial charge in [-0.15, -0.1) is 0 Å². The van der Waals surface area contributed by atoms with Crippen LogP contribution in [0.25, 0.3) is 0 Å². The lowest BCUT2D eigenvalue weighted by molar-refractivity contribution is -0.467. The molecule has 1 aromatic rings. The Kier molecular flexibility index (Phi) is 5.57. The van der Waals surface area contributed by atoms with Crippen LogP contribution in [0, 0.1) is 20.2 Å². The first-order chi connectivity index (χ1) is 9.45. The van der Waals surface area contributed by atoms with E-state index in [1.54, 1.807) is 12.1 Å². The number of nitro benzene ring substituents is 1. The van der Waals surface area contributed by atoms with E-state index in [-0.39, 0.29) is 11.4 Å². The van der Waals surface area contributed by atoms with Crippen molar-refractivity contribution in [3.05, 3.63) is 44.0 Å². The van der Waals surface area contributed by atoms with Crippen molar-refractivity contribution >= 4 is 17.3 Å². The van der Waals surface area contributed by atoms with Gasteiger partial charge in [-0.2, -0.15) is 0 Å². The van der Waals surface area contributed by atoms with Gasteiger partial charge in [-0.1, -0.05) is 25.5 Å². The van der Waals surface area contributed by atoms with Gasteiger partial charge in [-0.3, -0.25) is 25.0 Å². The van der Waals surface area contributed by atoms with Gasteiger partial charge >= 0.3 is 0 Å². The molecule has 0 saturated carbocycles. The SMILES string of the molecule is CCCCc1cccc(NC(=O)C[N+](=O)[O-])c1[N+](=O)[O-]. The molecule has 0 aliphatic rings. The normalized spacial score (nSPS) is 10.1. The molecule has 1 rings (SSSR count). The van der Waals surface area contributed by atoms with E-state index in [0.717, 1.165) is 12.8 Å². The topological polar surface area (TPSA) is 115 Å². The van der Waals surface area contributed by atoms with Gasteiger partial charge in [0.25, 0.3) is 18.1 Å². The van der Waals surface area contributed by atoms with E-state index in [0.29, 0.717) is 12.0 Å². The molecule has 108 valence electrons. The number of nitrogens with zero attached hydrogens (tertiary/aromatic N) is 2. The molecule has 8 heteroatoms. The molecule has 8 nitrogen and oxygen atoms in total. The largest absolute Gasteiger partial charge is 0.315 e. The number of benzene rings is 1. The van der Waals surface area contributed by atoms with Crippen molar-refractivity contribution in [3.8, 4) is 0 Å². The summed E-state index contributed by atoms with van der Waals surface area (Å²) in [5, 5.41) is 23.6. The van der Waals surface area contributed by atoms with E-state index >= 15 is 0 Å². The molecular weight excluding hydrogens is 266 g/mol. The van der Waals surface area contributed by atoms with Crippen LogP contribution in [0.15, 0.2) is 18.2 Å². The summed E-state index contributed by atoms with van der Waals surface area (Å²) in [5.41, 5.74) is 0.309. The Morgan fingerprint density at radius 1 is 1.30 bits per heavy atom. The monoisotopic (exact) mass is 281 g/mol. The van der Waals surface area contributed by atoms with Crippen molar-refractivity contribution in [1.29, 1.82) is 0 Å². The Balaban J connectivity index is 3.03. The van der Waals surface area contributed by atoms with Gasteiger partial charge in [0.15, 0.2) is 0 Å². The highest BCUT2D eigenvalue weighted by atomic mass is 16.6. The van der Waals surface area contributed by atoms with E-state index in [2.05, 4.69) is 5.32 Å². The molecule has 0 spiro atoms. The summed E-state index contributed by atoms with van der Waals surface area (Å²) < 4.78 is 0. The second kappa shape index (κ2) is 7.17. The molecule has 0 aromatic heterocycles. The van der Waals surface area contributed by atoms with E-state index in [4.69, 9.17) is 0 Å². The molecule has 20 heavy (non-hydrogen) atoms. The van der Waals surface area contributed by atoms with Gasteiger partial charge in [-0.25, -0.2) is 0 Å². The molecule has 1 amide bonds. The molecule has 0 aliphatic heterocycles. The Bertz CT molecular complexity index is 530. The number of amides is 1. The second-order valence-electron chi connectivity index (χ2n) is 4.21. The van der Waals surface area contributed by atoms with Crippen molar-refractivity contribution in [2.24, 2.45) is 0 Å². The first-order valence-corrected chi connectivity index (χ1v) is 6.13. The van der Waals surface area contributed by atoms with Crippen LogP contribution in [0.2, 0.25) is 0 Å². The molecular formula is C12H15N3O5. The third-order valence-electron chi connectivity index (χ3n) is 2.65. The predicted octanol–water partition coefficient (Wildman–Crippen LogP) is 2.15. The number of hydrogen-bond acceptors (Lipinski definition) is 5. The van der Waals surface area contributed by atoms with Crippen LogP contribution in [-0.4, -0.2) is 22.3 Å². The number of unbranched alkanes of at least 4 members (excludes halogenated alkanes) is 1. The number of rotatable bonds is 7. The van der Waals surface area contributed by atoms with Gasteiger partial charge in [0, 0.05) is 10.5 Å². The Morgan fingerprint density at radius 3 is 2.55 bits per heavy atom. The predicted molar refractivity (Wildman–Crippen MR) is 72.2 cm³/mol. The summed E-state index contributed by atoms with van der Waals surface area (Å²) in [4.78, 5) is 31.3. The molecule has 0 atom stereocenters. The van der Waals surface area contributed by atoms with E-state index in [1.165, 1.54) is 6.07 Å². The van der Waals surface area contributed by atoms with Crippen molar-refractivity contribution < 1.29 is 14.6 Å². The first-order valence-electron chi connectivity index (χ1n) is 6.13. The van der Waals surface area contributed by atoms with Crippen LogP contribution < -0.4 is 5.32 Å². The van der Waals surface area contributed by atoms with Crippen LogP contribution in [0.4, 0.5) is 11.4 Å². The zero-order valence-electron chi connectivity index (χ0n) is 11.0. The molecule has 0 aliphatic carbocycles. The molecule has 0 radical (unpaired) electrons. The quantitative estimate of drug-likeness (QED) is 0.607. The molecule has 0 bridgehead atoms. The summed E-state index contributed by atoms with van der Waals surface area (Å²) in [5.74, 6) is -0.884. The summed E-state index contributed by atoms with van der Waals surface area (Å²) in [6, 6.07) is 4.57. The molecule has 0 unspecified atom stereocenters. The summed E-state index contributed by atoms with van der Waals surface area (Å²) in [7, 11) is 0. The Hall–Kier alpha value is -2.51. The number of nitro groups is 2. The molecule has 1 aromatic carbocycles. The van der Waals surface area contributed by atoms with Crippen LogP contribution in [0.5, 0.6) is 0 Å². The van der Waals surface area contributed by atoms with Crippen molar-refractivity contribution in [3.63, 3.8) is 0 Å². The second-order valence-corrected chi connectivity index (χ2v) is 4.21. The molecule has 0 fully saturated rings. The highest BCUT2D eigenvalue weighted by Gasteiger charge is 2.21. The third-order valence-corrected chi connectivity index (χ3v) is 2.65. The highest BCUT2D eigenvalue weighted by molar-refractivity contribution is 5.94. The minimum atomic E-state index is -0.920. The molecule has 1 N–H and O–H groups in total. The minimum absolute atomic E-state index is 0.00421. The maximum Gasteiger partial charge on any atom is 0.296 e. The first kappa shape index (κ1) is 15.5. The van der Waals surface area contributed by atoms with Gasteiger partial charge in [0.05, 0.1) is 4.92 Å².